The molecule has 1 aromatic carbocycles. The Morgan fingerprint density at radius 1 is 1.40 bits per heavy atom. The molecule has 4 nitrogen and oxygen atoms in total. The fourth-order valence-electron chi connectivity index (χ4n) is 2.09. The first-order valence-electron chi connectivity index (χ1n) is 6.87. The fourth-order valence-corrected chi connectivity index (χ4v) is 2.09. The Morgan fingerprint density at radius 3 is 2.55 bits per heavy atom. The largest absolute Gasteiger partial charge is 0.389 e. The molecule has 0 spiro atoms. The monoisotopic (exact) mass is 282 g/mol. The van der Waals surface area contributed by atoms with E-state index in [4.69, 9.17) is 0 Å². The van der Waals surface area contributed by atoms with Crippen LogP contribution in [0, 0.1) is 5.82 Å². The van der Waals surface area contributed by atoms with Crippen LogP contribution in [0.1, 0.15) is 39.4 Å². The van der Waals surface area contributed by atoms with Crippen molar-refractivity contribution in [3.63, 3.8) is 0 Å². The summed E-state index contributed by atoms with van der Waals surface area (Å²) in [5.41, 5.74) is 0.785. The SMILES string of the molecule is CCN(CC(=O)NC(C)C)c1c(F)cccc1[C@@H](C)O. The van der Waals surface area contributed by atoms with Gasteiger partial charge in [-0.05, 0) is 33.8 Å². The van der Waals surface area contributed by atoms with Crippen molar-refractivity contribution in [2.75, 3.05) is 18.0 Å². The number of amides is 1. The van der Waals surface area contributed by atoms with Crippen LogP contribution < -0.4 is 10.2 Å². The summed E-state index contributed by atoms with van der Waals surface area (Å²) < 4.78 is 14.1. The number of nitrogens with zero attached hydrogens (tertiary/aromatic N) is 1. The molecule has 0 bridgehead atoms. The van der Waals surface area contributed by atoms with Gasteiger partial charge in [0.15, 0.2) is 0 Å². The number of carbonyl (C=O) groups excluding carboxylic acids is 1. The third kappa shape index (κ3) is 4.20. The highest BCUT2D eigenvalue weighted by atomic mass is 19.1. The minimum atomic E-state index is -0.789. The lowest BCUT2D eigenvalue weighted by Crippen LogP contribution is -2.40. The first kappa shape index (κ1) is 16.4. The van der Waals surface area contributed by atoms with Crippen LogP contribution in [0.15, 0.2) is 18.2 Å². The molecule has 1 rings (SSSR count). The molecular weight excluding hydrogens is 259 g/mol. The summed E-state index contributed by atoms with van der Waals surface area (Å²) in [7, 11) is 0. The first-order valence-corrected chi connectivity index (χ1v) is 6.87. The Hall–Kier alpha value is -1.62. The second kappa shape index (κ2) is 7.24. The van der Waals surface area contributed by atoms with Crippen LogP contribution in [-0.2, 0) is 4.79 Å². The molecule has 1 atom stereocenters. The number of hydrogen-bond donors (Lipinski definition) is 2. The molecule has 0 aromatic heterocycles. The number of anilines is 1. The van der Waals surface area contributed by atoms with Crippen molar-refractivity contribution in [2.45, 2.75) is 39.8 Å². The number of halogens is 1. The number of carbonyl (C=O) groups is 1. The molecule has 0 heterocycles. The van der Waals surface area contributed by atoms with Gasteiger partial charge >= 0.3 is 0 Å². The molecule has 0 aliphatic rings. The summed E-state index contributed by atoms with van der Waals surface area (Å²) in [6.07, 6.45) is -0.789. The van der Waals surface area contributed by atoms with Gasteiger partial charge in [0, 0.05) is 18.2 Å². The quantitative estimate of drug-likeness (QED) is 0.841. The molecule has 0 radical (unpaired) electrons. The highest BCUT2D eigenvalue weighted by Gasteiger charge is 2.19. The van der Waals surface area contributed by atoms with E-state index < -0.39 is 11.9 Å². The van der Waals surface area contributed by atoms with Crippen LogP contribution in [-0.4, -0.2) is 30.1 Å². The molecule has 0 fully saturated rings. The maximum Gasteiger partial charge on any atom is 0.239 e. The van der Waals surface area contributed by atoms with Gasteiger partial charge in [0.2, 0.25) is 5.91 Å². The molecule has 0 aliphatic heterocycles. The van der Waals surface area contributed by atoms with Gasteiger partial charge in [0.1, 0.15) is 5.82 Å². The van der Waals surface area contributed by atoms with E-state index in [1.807, 2.05) is 20.8 Å². The van der Waals surface area contributed by atoms with E-state index in [9.17, 15) is 14.3 Å². The Labute approximate surface area is 119 Å². The number of aliphatic hydroxyl groups excluding tert-OH is 1. The molecule has 20 heavy (non-hydrogen) atoms. The number of benzene rings is 1. The number of nitrogens with one attached hydrogen (secondary N) is 1. The maximum atomic E-state index is 14.1. The molecule has 0 aliphatic carbocycles. The highest BCUT2D eigenvalue weighted by Crippen LogP contribution is 2.29. The molecule has 1 aromatic rings. The van der Waals surface area contributed by atoms with Crippen molar-refractivity contribution < 1.29 is 14.3 Å². The lowest BCUT2D eigenvalue weighted by atomic mass is 10.1. The van der Waals surface area contributed by atoms with Crippen molar-refractivity contribution >= 4 is 11.6 Å². The van der Waals surface area contributed by atoms with Gasteiger partial charge in [-0.2, -0.15) is 0 Å². The van der Waals surface area contributed by atoms with E-state index in [-0.39, 0.29) is 18.5 Å². The van der Waals surface area contributed by atoms with Crippen molar-refractivity contribution in [3.05, 3.63) is 29.6 Å². The van der Waals surface area contributed by atoms with Gasteiger partial charge in [0.05, 0.1) is 18.3 Å². The minimum absolute atomic E-state index is 0.0399. The van der Waals surface area contributed by atoms with Gasteiger partial charge in [-0.15, -0.1) is 0 Å². The minimum Gasteiger partial charge on any atom is -0.389 e. The van der Waals surface area contributed by atoms with Crippen LogP contribution in [0.25, 0.3) is 0 Å². The van der Waals surface area contributed by atoms with Crippen molar-refractivity contribution in [1.82, 2.24) is 5.32 Å². The van der Waals surface area contributed by atoms with E-state index in [0.29, 0.717) is 17.8 Å². The lowest BCUT2D eigenvalue weighted by Gasteiger charge is -2.27. The third-order valence-corrected chi connectivity index (χ3v) is 2.95. The molecule has 1 amide bonds. The number of aliphatic hydroxyl groups is 1. The van der Waals surface area contributed by atoms with Gasteiger partial charge in [0.25, 0.3) is 0 Å². The molecule has 0 unspecified atom stereocenters. The van der Waals surface area contributed by atoms with Crippen LogP contribution in [0.5, 0.6) is 0 Å². The Bertz CT molecular complexity index is 461. The number of hydrogen-bond acceptors (Lipinski definition) is 3. The molecule has 2 N–H and O–H groups in total. The lowest BCUT2D eigenvalue weighted by molar-refractivity contribution is -0.120. The number of rotatable bonds is 6. The average molecular weight is 282 g/mol. The summed E-state index contributed by atoms with van der Waals surface area (Å²) in [4.78, 5) is 13.5. The van der Waals surface area contributed by atoms with Crippen LogP contribution >= 0.6 is 0 Å². The number of likely N-dealkylation sites (N-methyl/N-ethyl adjacent to an activating group) is 1. The summed E-state index contributed by atoms with van der Waals surface area (Å²) >= 11 is 0. The van der Waals surface area contributed by atoms with Gasteiger partial charge in [-0.3, -0.25) is 4.79 Å². The van der Waals surface area contributed by atoms with Crippen LogP contribution in [0.2, 0.25) is 0 Å². The van der Waals surface area contributed by atoms with Gasteiger partial charge in [-0.25, -0.2) is 4.39 Å². The maximum absolute atomic E-state index is 14.1. The number of para-hydroxylation sites is 1. The fraction of sp³-hybridized carbons (Fsp3) is 0.533. The van der Waals surface area contributed by atoms with E-state index in [1.54, 1.807) is 24.0 Å². The molecule has 0 saturated carbocycles. The smallest absolute Gasteiger partial charge is 0.239 e. The van der Waals surface area contributed by atoms with Crippen molar-refractivity contribution in [3.8, 4) is 0 Å². The predicted octanol–water partition coefficient (Wildman–Crippen LogP) is 2.23. The zero-order chi connectivity index (χ0) is 15.3. The van der Waals surface area contributed by atoms with E-state index in [0.717, 1.165) is 0 Å². The van der Waals surface area contributed by atoms with E-state index in [2.05, 4.69) is 5.32 Å². The Kier molecular flexibility index (Phi) is 5.95. The van der Waals surface area contributed by atoms with Crippen LogP contribution in [0.4, 0.5) is 10.1 Å². The van der Waals surface area contributed by atoms with Crippen molar-refractivity contribution in [1.29, 1.82) is 0 Å². The van der Waals surface area contributed by atoms with Gasteiger partial charge < -0.3 is 15.3 Å². The van der Waals surface area contributed by atoms with Crippen molar-refractivity contribution in [2.24, 2.45) is 0 Å². The molecule has 112 valence electrons. The summed E-state index contributed by atoms with van der Waals surface area (Å²) in [6.45, 7) is 7.72. The molecule has 5 heteroatoms. The summed E-state index contributed by atoms with van der Waals surface area (Å²) in [6, 6.07) is 4.61. The van der Waals surface area contributed by atoms with E-state index in [1.165, 1.54) is 6.07 Å². The second-order valence-corrected chi connectivity index (χ2v) is 5.09. The first-order chi connectivity index (χ1) is 9.36. The predicted molar refractivity (Wildman–Crippen MR) is 78.2 cm³/mol. The highest BCUT2D eigenvalue weighted by molar-refractivity contribution is 5.82. The Balaban J connectivity index is 3.03. The molecule has 0 saturated heterocycles. The van der Waals surface area contributed by atoms with E-state index >= 15 is 0 Å². The zero-order valence-electron chi connectivity index (χ0n) is 12.5. The average Bonchev–Trinajstić information content (AvgIpc) is 2.35. The molecular formula is C15H23FN2O2. The second-order valence-electron chi connectivity index (χ2n) is 5.09. The normalized spacial score (nSPS) is 12.3. The Morgan fingerprint density at radius 2 is 2.05 bits per heavy atom. The van der Waals surface area contributed by atoms with Crippen LogP contribution in [0.3, 0.4) is 0 Å². The zero-order valence-corrected chi connectivity index (χ0v) is 12.5. The topological polar surface area (TPSA) is 52.6 Å². The third-order valence-electron chi connectivity index (χ3n) is 2.95. The standard InChI is InChI=1S/C15H23FN2O2/c1-5-18(9-14(20)17-10(2)3)15-12(11(4)19)7-6-8-13(15)16/h6-8,10-11,19H,5,9H2,1-4H3,(H,17,20)/t11-/m1/s1. The summed E-state index contributed by atoms with van der Waals surface area (Å²) in [5.74, 6) is -0.593. The summed E-state index contributed by atoms with van der Waals surface area (Å²) in [5, 5.41) is 12.5. The van der Waals surface area contributed by atoms with Gasteiger partial charge in [-0.1, -0.05) is 12.1 Å².